The third-order valence-electron chi connectivity index (χ3n) is 13.2. The summed E-state index contributed by atoms with van der Waals surface area (Å²) >= 11 is 0. The lowest BCUT2D eigenvalue weighted by Gasteiger charge is -2.61. The molecular formula is C34H56N2O5. The van der Waals surface area contributed by atoms with E-state index in [2.05, 4.69) is 9.80 Å². The van der Waals surface area contributed by atoms with Crippen molar-refractivity contribution in [1.82, 2.24) is 9.80 Å². The third-order valence-corrected chi connectivity index (χ3v) is 13.2. The molecule has 1 spiro atoms. The zero-order valence-corrected chi connectivity index (χ0v) is 25.3. The van der Waals surface area contributed by atoms with Crippen LogP contribution in [0.3, 0.4) is 0 Å². The fourth-order valence-electron chi connectivity index (χ4n) is 11.6. The van der Waals surface area contributed by atoms with Gasteiger partial charge in [-0.3, -0.25) is 14.6 Å². The summed E-state index contributed by atoms with van der Waals surface area (Å²) in [6.45, 7) is 2.84. The normalized spacial score (nSPS) is 47.4. The SMILES string of the molecule is O=C1OC2(C3CCC(N4CCCCC4CCO)CC3OC3CC(N4CCCCC4CCO)CCC32)C2CCCCC12. The van der Waals surface area contributed by atoms with E-state index in [4.69, 9.17) is 9.47 Å². The monoisotopic (exact) mass is 572 g/mol. The van der Waals surface area contributed by atoms with Gasteiger partial charge < -0.3 is 19.7 Å². The number of hydrogen-bond acceptors (Lipinski definition) is 7. The molecule has 7 nitrogen and oxygen atoms in total. The van der Waals surface area contributed by atoms with Gasteiger partial charge in [0.2, 0.25) is 0 Å². The number of piperidine rings is 2. The maximum Gasteiger partial charge on any atom is 0.309 e. The number of aliphatic hydroxyl groups excluding tert-OH is 2. The largest absolute Gasteiger partial charge is 0.458 e. The number of carbonyl (C=O) groups excluding carboxylic acids is 1. The molecule has 4 aliphatic heterocycles. The summed E-state index contributed by atoms with van der Waals surface area (Å²) in [4.78, 5) is 19.0. The number of carbonyl (C=O) groups is 1. The standard InChI is InChI=1S/C34H56N2O5/c37-19-15-23-7-3-5-17-35(23)25-11-13-29-31(21-25)40-32-22-26(36-18-6-4-8-24(36)16-20-38)12-14-30(32)34(29)28-10-2-1-9-27(28)33(39)41-34/h23-32,37-38H,1-22H2. The summed E-state index contributed by atoms with van der Waals surface area (Å²) in [5, 5.41) is 19.6. The molecule has 7 heteroatoms. The number of esters is 1. The molecule has 0 aromatic heterocycles. The van der Waals surface area contributed by atoms with Crippen LogP contribution in [0.5, 0.6) is 0 Å². The van der Waals surface area contributed by atoms with Gasteiger partial charge in [0.15, 0.2) is 0 Å². The van der Waals surface area contributed by atoms with Gasteiger partial charge in [0.25, 0.3) is 0 Å². The summed E-state index contributed by atoms with van der Waals surface area (Å²) in [5.74, 6) is 1.23. The lowest BCUT2D eigenvalue weighted by molar-refractivity contribution is -0.265. The Labute approximate surface area is 247 Å². The van der Waals surface area contributed by atoms with Gasteiger partial charge in [-0.1, -0.05) is 25.7 Å². The van der Waals surface area contributed by atoms with E-state index in [-0.39, 0.29) is 42.9 Å². The van der Waals surface area contributed by atoms with Gasteiger partial charge in [-0.25, -0.2) is 0 Å². The average Bonchev–Trinajstić information content (AvgIpc) is 3.30. The van der Waals surface area contributed by atoms with E-state index in [0.29, 0.717) is 41.9 Å². The van der Waals surface area contributed by atoms with Crippen LogP contribution in [0, 0.1) is 23.7 Å². The summed E-state index contributed by atoms with van der Waals surface area (Å²) in [6.07, 6.45) is 20.8. The molecule has 0 aromatic carbocycles. The van der Waals surface area contributed by atoms with Gasteiger partial charge in [-0.2, -0.15) is 0 Å². The van der Waals surface area contributed by atoms with E-state index in [1.165, 1.54) is 57.8 Å². The molecule has 10 atom stereocenters. The molecule has 2 N–H and O–H groups in total. The van der Waals surface area contributed by atoms with Gasteiger partial charge in [0, 0.05) is 55.1 Å². The van der Waals surface area contributed by atoms with Crippen LogP contribution in [0.15, 0.2) is 0 Å². The van der Waals surface area contributed by atoms with Crippen molar-refractivity contribution in [2.75, 3.05) is 26.3 Å². The average molecular weight is 573 g/mol. The smallest absolute Gasteiger partial charge is 0.309 e. The number of hydrogen-bond donors (Lipinski definition) is 2. The van der Waals surface area contributed by atoms with Gasteiger partial charge in [0.1, 0.15) is 5.60 Å². The number of rotatable bonds is 6. The minimum Gasteiger partial charge on any atom is -0.458 e. The summed E-state index contributed by atoms with van der Waals surface area (Å²) in [7, 11) is 0. The zero-order chi connectivity index (χ0) is 28.0. The van der Waals surface area contributed by atoms with Crippen molar-refractivity contribution < 1.29 is 24.5 Å². The first-order valence-electron chi connectivity index (χ1n) is 17.8. The molecule has 0 bridgehead atoms. The van der Waals surface area contributed by atoms with E-state index in [9.17, 15) is 15.0 Å². The number of likely N-dealkylation sites (tertiary alicyclic amines) is 2. The van der Waals surface area contributed by atoms with Crippen molar-refractivity contribution in [1.29, 1.82) is 0 Å². The molecule has 0 amide bonds. The fraction of sp³-hybridized carbons (Fsp3) is 0.971. The van der Waals surface area contributed by atoms with Crippen LogP contribution in [-0.2, 0) is 14.3 Å². The lowest BCUT2D eigenvalue weighted by atomic mass is 9.54. The maximum atomic E-state index is 13.6. The maximum absolute atomic E-state index is 13.6. The Balaban J connectivity index is 1.17. The Hall–Kier alpha value is -0.730. The van der Waals surface area contributed by atoms with E-state index >= 15 is 0 Å². The van der Waals surface area contributed by atoms with Crippen LogP contribution in [0.25, 0.3) is 0 Å². The van der Waals surface area contributed by atoms with Crippen LogP contribution in [0.1, 0.15) is 116 Å². The van der Waals surface area contributed by atoms with Gasteiger partial charge >= 0.3 is 5.97 Å². The second kappa shape index (κ2) is 12.3. The number of nitrogens with zero attached hydrogens (tertiary/aromatic N) is 2. The van der Waals surface area contributed by atoms with Crippen LogP contribution in [0.4, 0.5) is 0 Å². The first kappa shape index (κ1) is 29.0. The zero-order valence-electron chi connectivity index (χ0n) is 25.3. The molecule has 4 heterocycles. The predicted octanol–water partition coefficient (Wildman–Crippen LogP) is 4.67. The molecule has 3 saturated carbocycles. The minimum absolute atomic E-state index is 0.102. The fourth-order valence-corrected chi connectivity index (χ4v) is 11.6. The lowest BCUT2D eigenvalue weighted by Crippen LogP contribution is -2.67. The Morgan fingerprint density at radius 1 is 0.659 bits per heavy atom. The van der Waals surface area contributed by atoms with Crippen LogP contribution in [0.2, 0.25) is 0 Å². The topological polar surface area (TPSA) is 82.5 Å². The van der Waals surface area contributed by atoms with Gasteiger partial charge in [0.05, 0.1) is 18.1 Å². The Morgan fingerprint density at radius 2 is 1.20 bits per heavy atom. The predicted molar refractivity (Wildman–Crippen MR) is 157 cm³/mol. The second-order valence-corrected chi connectivity index (χ2v) is 14.9. The van der Waals surface area contributed by atoms with Crippen LogP contribution < -0.4 is 0 Å². The van der Waals surface area contributed by atoms with Crippen molar-refractivity contribution in [3.63, 3.8) is 0 Å². The van der Waals surface area contributed by atoms with E-state index in [1.54, 1.807) is 0 Å². The van der Waals surface area contributed by atoms with E-state index in [1.807, 2.05) is 0 Å². The second-order valence-electron chi connectivity index (χ2n) is 14.9. The molecule has 7 rings (SSSR count). The van der Waals surface area contributed by atoms with E-state index in [0.717, 1.165) is 70.9 Å². The minimum atomic E-state index is -0.329. The molecule has 0 radical (unpaired) electrons. The van der Waals surface area contributed by atoms with Crippen LogP contribution in [-0.4, -0.2) is 94.3 Å². The Kier molecular flexibility index (Phi) is 8.73. The van der Waals surface area contributed by atoms with Crippen molar-refractivity contribution in [2.24, 2.45) is 23.7 Å². The van der Waals surface area contributed by atoms with Crippen molar-refractivity contribution in [2.45, 2.75) is 158 Å². The highest BCUT2D eigenvalue weighted by atomic mass is 16.6. The molecule has 3 aliphatic carbocycles. The highest BCUT2D eigenvalue weighted by Crippen LogP contribution is 2.62. The van der Waals surface area contributed by atoms with Gasteiger partial charge in [-0.15, -0.1) is 0 Å². The highest BCUT2D eigenvalue weighted by Gasteiger charge is 2.69. The molecule has 7 aliphatic rings. The van der Waals surface area contributed by atoms with Gasteiger partial charge in [-0.05, 0) is 103 Å². The van der Waals surface area contributed by atoms with E-state index < -0.39 is 0 Å². The summed E-state index contributed by atoms with van der Waals surface area (Å²) < 4.78 is 14.1. The quantitative estimate of drug-likeness (QED) is 0.448. The first-order chi connectivity index (χ1) is 20.1. The summed E-state index contributed by atoms with van der Waals surface area (Å²) in [6, 6.07) is 2.01. The molecule has 7 fully saturated rings. The Morgan fingerprint density at radius 3 is 1.76 bits per heavy atom. The van der Waals surface area contributed by atoms with Crippen molar-refractivity contribution in [3.8, 4) is 0 Å². The number of aliphatic hydroxyl groups is 2. The first-order valence-corrected chi connectivity index (χ1v) is 17.8. The molecular weight excluding hydrogens is 516 g/mol. The highest BCUT2D eigenvalue weighted by molar-refractivity contribution is 5.76. The molecule has 4 saturated heterocycles. The van der Waals surface area contributed by atoms with Crippen LogP contribution >= 0.6 is 0 Å². The molecule has 0 aromatic rings. The molecule has 232 valence electrons. The Bertz CT molecular complexity index is 862. The number of fused-ring (bicyclic) bond motifs is 6. The molecule has 41 heavy (non-hydrogen) atoms. The third kappa shape index (κ3) is 5.11. The molecule has 10 unspecified atom stereocenters. The van der Waals surface area contributed by atoms with Crippen molar-refractivity contribution >= 4 is 5.97 Å². The summed E-state index contributed by atoms with van der Waals surface area (Å²) in [5.41, 5.74) is -0.329. The number of ether oxygens (including phenoxy) is 2. The van der Waals surface area contributed by atoms with Crippen molar-refractivity contribution in [3.05, 3.63) is 0 Å².